The number of ether oxygens (including phenoxy) is 2. The molecule has 5 atom stereocenters. The Morgan fingerprint density at radius 1 is 1.12 bits per heavy atom. The minimum Gasteiger partial charge on any atom is -0.497 e. The van der Waals surface area contributed by atoms with E-state index in [4.69, 9.17) is 9.47 Å². The van der Waals surface area contributed by atoms with Crippen molar-refractivity contribution in [1.29, 1.82) is 0 Å². The molecule has 6 heteroatoms. The van der Waals surface area contributed by atoms with Crippen molar-refractivity contribution in [2.24, 2.45) is 17.3 Å². The molecule has 3 unspecified atom stereocenters. The van der Waals surface area contributed by atoms with Crippen LogP contribution < -0.4 is 4.74 Å². The second-order valence-electron chi connectivity index (χ2n) is 9.46. The maximum atomic E-state index is 12.8. The Morgan fingerprint density at radius 2 is 1.91 bits per heavy atom. The molecule has 1 fully saturated rings. The van der Waals surface area contributed by atoms with Gasteiger partial charge in [-0.05, 0) is 84.9 Å². The summed E-state index contributed by atoms with van der Waals surface area (Å²) in [5, 5.41) is 10.9. The third kappa shape index (κ3) is 3.29. The highest BCUT2D eigenvalue weighted by Crippen LogP contribution is 2.59. The van der Waals surface area contributed by atoms with E-state index in [1.165, 1.54) is 35.4 Å². The van der Waals surface area contributed by atoms with Crippen LogP contribution in [0.4, 0.5) is 5.69 Å². The molecule has 3 aliphatic rings. The number of non-ortho nitro benzene ring substituents is 1. The maximum absolute atomic E-state index is 12.8. The van der Waals surface area contributed by atoms with Crippen LogP contribution in [0.5, 0.6) is 5.75 Å². The fourth-order valence-electron chi connectivity index (χ4n) is 6.17. The molecule has 0 amide bonds. The highest BCUT2D eigenvalue weighted by molar-refractivity contribution is 5.89. The zero-order valence-electron chi connectivity index (χ0n) is 18.3. The second-order valence-corrected chi connectivity index (χ2v) is 9.46. The van der Waals surface area contributed by atoms with Crippen LogP contribution in [0.1, 0.15) is 53.6 Å². The van der Waals surface area contributed by atoms with E-state index in [2.05, 4.69) is 37.3 Å². The topological polar surface area (TPSA) is 78.7 Å². The number of nitrogens with zero attached hydrogens (tertiary/aromatic N) is 1. The summed E-state index contributed by atoms with van der Waals surface area (Å²) in [5.41, 5.74) is 3.02. The molecule has 166 valence electrons. The van der Waals surface area contributed by atoms with E-state index >= 15 is 0 Å². The number of hydrogen-bond acceptors (Lipinski definition) is 5. The van der Waals surface area contributed by atoms with E-state index in [9.17, 15) is 14.9 Å². The van der Waals surface area contributed by atoms with Gasteiger partial charge in [0.25, 0.3) is 5.69 Å². The van der Waals surface area contributed by atoms with Gasteiger partial charge in [0.15, 0.2) is 0 Å². The second kappa shape index (κ2) is 7.76. The highest BCUT2D eigenvalue weighted by Gasteiger charge is 2.54. The molecule has 0 radical (unpaired) electrons. The van der Waals surface area contributed by atoms with Gasteiger partial charge in [0.1, 0.15) is 11.9 Å². The Labute approximate surface area is 187 Å². The van der Waals surface area contributed by atoms with Gasteiger partial charge in [-0.25, -0.2) is 4.79 Å². The molecule has 1 saturated carbocycles. The quantitative estimate of drug-likeness (QED) is 0.277. The van der Waals surface area contributed by atoms with Crippen molar-refractivity contribution in [1.82, 2.24) is 0 Å². The van der Waals surface area contributed by atoms with Crippen LogP contribution in [0, 0.1) is 27.4 Å². The smallest absolute Gasteiger partial charge is 0.338 e. The average Bonchev–Trinajstić information content (AvgIpc) is 3.14. The van der Waals surface area contributed by atoms with Gasteiger partial charge < -0.3 is 9.47 Å². The standard InChI is InChI=1S/C26H27NO5/c1-26-14-13-21-20-10-8-19(31-2)15-17(20)5-9-22(21)23(26)11-12-24(26)32-25(28)16-3-6-18(7-4-16)27(29)30/h3-4,6-8,10-12,15,21-24H,5,9,13-14H2,1-2H3/t21?,22?,23?,24-,26+/m1/s1. The van der Waals surface area contributed by atoms with Crippen molar-refractivity contribution in [2.45, 2.75) is 44.6 Å². The summed E-state index contributed by atoms with van der Waals surface area (Å²) in [4.78, 5) is 23.2. The Hall–Kier alpha value is -3.15. The van der Waals surface area contributed by atoms with E-state index in [1.807, 2.05) is 0 Å². The molecule has 2 aromatic carbocycles. The fourth-order valence-corrected chi connectivity index (χ4v) is 6.17. The normalized spacial score (nSPS) is 30.1. The van der Waals surface area contributed by atoms with Gasteiger partial charge in [-0.3, -0.25) is 10.1 Å². The van der Waals surface area contributed by atoms with Crippen LogP contribution in [0.2, 0.25) is 0 Å². The third-order valence-electron chi connectivity index (χ3n) is 7.92. The van der Waals surface area contributed by atoms with Crippen LogP contribution in [0.15, 0.2) is 54.6 Å². The van der Waals surface area contributed by atoms with Gasteiger partial charge in [-0.2, -0.15) is 0 Å². The number of rotatable bonds is 4. The summed E-state index contributed by atoms with van der Waals surface area (Å²) < 4.78 is 11.4. The van der Waals surface area contributed by atoms with E-state index in [0.29, 0.717) is 23.3 Å². The largest absolute Gasteiger partial charge is 0.497 e. The van der Waals surface area contributed by atoms with Gasteiger partial charge >= 0.3 is 5.97 Å². The molecule has 5 rings (SSSR count). The Balaban J connectivity index is 1.33. The van der Waals surface area contributed by atoms with Crippen LogP contribution in [0.3, 0.4) is 0 Å². The number of methoxy groups -OCH3 is 1. The lowest BCUT2D eigenvalue weighted by Gasteiger charge is -2.50. The van der Waals surface area contributed by atoms with Crippen molar-refractivity contribution in [3.8, 4) is 5.75 Å². The van der Waals surface area contributed by atoms with Crippen LogP contribution in [-0.4, -0.2) is 24.1 Å². The van der Waals surface area contributed by atoms with Crippen molar-refractivity contribution >= 4 is 11.7 Å². The van der Waals surface area contributed by atoms with Crippen LogP contribution in [0.25, 0.3) is 0 Å². The lowest BCUT2D eigenvalue weighted by atomic mass is 9.55. The van der Waals surface area contributed by atoms with Gasteiger partial charge in [0.2, 0.25) is 0 Å². The molecule has 0 N–H and O–H groups in total. The number of fused-ring (bicyclic) bond motifs is 5. The van der Waals surface area contributed by atoms with Crippen molar-refractivity contribution in [3.05, 3.63) is 81.4 Å². The molecule has 3 aliphatic carbocycles. The molecule has 6 nitrogen and oxygen atoms in total. The summed E-state index contributed by atoms with van der Waals surface area (Å²) in [6.45, 7) is 2.24. The minimum absolute atomic E-state index is 0.0390. The zero-order chi connectivity index (χ0) is 22.5. The Bertz CT molecular complexity index is 1090. The SMILES string of the molecule is COc1ccc2c(c1)CCC1C2CC[C@@]2(C)C1C=C[C@H]2OC(=O)c1ccc([N+](=O)[O-])cc1. The minimum atomic E-state index is -0.475. The number of allylic oxidation sites excluding steroid dienone is 1. The zero-order valence-corrected chi connectivity index (χ0v) is 18.3. The van der Waals surface area contributed by atoms with E-state index in [0.717, 1.165) is 31.4 Å². The maximum Gasteiger partial charge on any atom is 0.338 e. The predicted molar refractivity (Wildman–Crippen MR) is 120 cm³/mol. The molecule has 2 aromatic rings. The highest BCUT2D eigenvalue weighted by atomic mass is 16.6. The lowest BCUT2D eigenvalue weighted by Crippen LogP contribution is -2.45. The average molecular weight is 434 g/mol. The molecular formula is C26H27NO5. The fraction of sp³-hybridized carbons (Fsp3) is 0.423. The first kappa shape index (κ1) is 20.7. The number of nitro benzene ring substituents is 1. The summed E-state index contributed by atoms with van der Waals surface area (Å²) in [7, 11) is 1.71. The predicted octanol–water partition coefficient (Wildman–Crippen LogP) is 5.46. The summed E-state index contributed by atoms with van der Waals surface area (Å²) in [6, 6.07) is 12.1. The Morgan fingerprint density at radius 3 is 2.62 bits per heavy atom. The summed E-state index contributed by atoms with van der Waals surface area (Å²) in [5.74, 6) is 1.91. The number of carbonyl (C=O) groups excluding carboxylic acids is 1. The number of nitro groups is 1. The van der Waals surface area contributed by atoms with Crippen molar-refractivity contribution in [2.75, 3.05) is 7.11 Å². The molecule has 0 bridgehead atoms. The molecule has 0 heterocycles. The van der Waals surface area contributed by atoms with Gasteiger partial charge in [0, 0.05) is 17.5 Å². The van der Waals surface area contributed by atoms with Crippen molar-refractivity contribution in [3.63, 3.8) is 0 Å². The molecule has 0 spiro atoms. The molecule has 32 heavy (non-hydrogen) atoms. The first-order valence-corrected chi connectivity index (χ1v) is 11.2. The number of carbonyl (C=O) groups is 1. The molecule has 0 aliphatic heterocycles. The number of hydrogen-bond donors (Lipinski definition) is 0. The van der Waals surface area contributed by atoms with Crippen LogP contribution >= 0.6 is 0 Å². The molecule has 0 aromatic heterocycles. The van der Waals surface area contributed by atoms with E-state index < -0.39 is 10.9 Å². The van der Waals surface area contributed by atoms with E-state index in [1.54, 1.807) is 7.11 Å². The van der Waals surface area contributed by atoms with Gasteiger partial charge in [-0.1, -0.05) is 19.1 Å². The van der Waals surface area contributed by atoms with Crippen LogP contribution in [-0.2, 0) is 11.2 Å². The molecule has 0 saturated heterocycles. The van der Waals surface area contributed by atoms with Gasteiger partial charge in [-0.15, -0.1) is 0 Å². The van der Waals surface area contributed by atoms with Gasteiger partial charge in [0.05, 0.1) is 17.6 Å². The number of esters is 1. The summed E-state index contributed by atoms with van der Waals surface area (Å²) >= 11 is 0. The Kier molecular flexibility index (Phi) is 5.03. The first-order chi connectivity index (χ1) is 15.4. The molecular weight excluding hydrogens is 406 g/mol. The first-order valence-electron chi connectivity index (χ1n) is 11.2. The monoisotopic (exact) mass is 433 g/mol. The van der Waals surface area contributed by atoms with E-state index in [-0.39, 0.29) is 17.2 Å². The lowest BCUT2D eigenvalue weighted by molar-refractivity contribution is -0.384. The number of aryl methyl sites for hydroxylation is 1. The van der Waals surface area contributed by atoms with Crippen molar-refractivity contribution < 1.29 is 19.2 Å². The number of benzene rings is 2. The summed E-state index contributed by atoms with van der Waals surface area (Å²) in [6.07, 6.45) is 8.26. The third-order valence-corrected chi connectivity index (χ3v) is 7.92.